The number of carbonyl (C=O) groups is 1. The Kier molecular flexibility index (Phi) is 4.28. The highest BCUT2D eigenvalue weighted by Crippen LogP contribution is 2.10. The summed E-state index contributed by atoms with van der Waals surface area (Å²) in [5.74, 6) is -0.387. The molecule has 1 unspecified atom stereocenters. The molecule has 5 nitrogen and oxygen atoms in total. The van der Waals surface area contributed by atoms with Gasteiger partial charge in [-0.25, -0.2) is 9.78 Å². The minimum Gasteiger partial charge on any atom is -0.464 e. The Hall–Kier alpha value is -1.46. The van der Waals surface area contributed by atoms with Gasteiger partial charge in [-0.1, -0.05) is 6.07 Å². The highest BCUT2D eigenvalue weighted by molar-refractivity contribution is 5.87. The number of esters is 1. The van der Waals surface area contributed by atoms with Crippen molar-refractivity contribution in [3.05, 3.63) is 29.6 Å². The number of ether oxygens (including phenoxy) is 1. The fourth-order valence-electron chi connectivity index (χ4n) is 2.19. The predicted octanol–water partition coefficient (Wildman–Crippen LogP) is 0.662. The maximum atomic E-state index is 11.4. The molecule has 0 radical (unpaired) electrons. The SMILES string of the molecule is COC(=O)c1cccc(CN(C)C2CCNC2)n1. The van der Waals surface area contributed by atoms with Gasteiger partial charge in [-0.2, -0.15) is 0 Å². The van der Waals surface area contributed by atoms with Gasteiger partial charge in [-0.15, -0.1) is 0 Å². The second kappa shape index (κ2) is 5.93. The molecule has 0 saturated carbocycles. The summed E-state index contributed by atoms with van der Waals surface area (Å²) in [7, 11) is 3.46. The summed E-state index contributed by atoms with van der Waals surface area (Å²) < 4.78 is 4.67. The number of nitrogens with zero attached hydrogens (tertiary/aromatic N) is 2. The van der Waals surface area contributed by atoms with Crippen LogP contribution in [0.5, 0.6) is 0 Å². The van der Waals surface area contributed by atoms with Crippen LogP contribution in [0.25, 0.3) is 0 Å². The molecule has 18 heavy (non-hydrogen) atoms. The molecule has 5 heteroatoms. The Labute approximate surface area is 107 Å². The summed E-state index contributed by atoms with van der Waals surface area (Å²) in [6, 6.07) is 6.00. The minimum absolute atomic E-state index is 0.368. The average Bonchev–Trinajstić information content (AvgIpc) is 2.92. The zero-order valence-electron chi connectivity index (χ0n) is 10.8. The van der Waals surface area contributed by atoms with E-state index in [1.807, 2.05) is 12.1 Å². The van der Waals surface area contributed by atoms with Crippen LogP contribution >= 0.6 is 0 Å². The first-order valence-corrected chi connectivity index (χ1v) is 6.16. The first-order chi connectivity index (χ1) is 8.70. The number of hydrogen-bond donors (Lipinski definition) is 1. The number of rotatable bonds is 4. The molecule has 0 aliphatic carbocycles. The topological polar surface area (TPSA) is 54.5 Å². The van der Waals surface area contributed by atoms with Crippen molar-refractivity contribution in [3.63, 3.8) is 0 Å². The van der Waals surface area contributed by atoms with Gasteiger partial charge < -0.3 is 10.1 Å². The van der Waals surface area contributed by atoms with E-state index in [4.69, 9.17) is 0 Å². The summed E-state index contributed by atoms with van der Waals surface area (Å²) in [5.41, 5.74) is 1.26. The van der Waals surface area contributed by atoms with Crippen molar-refractivity contribution in [2.24, 2.45) is 0 Å². The van der Waals surface area contributed by atoms with E-state index < -0.39 is 0 Å². The molecular weight excluding hydrogens is 230 g/mol. The van der Waals surface area contributed by atoms with Crippen molar-refractivity contribution in [3.8, 4) is 0 Å². The Morgan fingerprint density at radius 2 is 2.44 bits per heavy atom. The standard InChI is InChI=1S/C13H19N3O2/c1-16(11-6-7-14-8-11)9-10-4-3-5-12(15-10)13(17)18-2/h3-5,11,14H,6-9H2,1-2H3. The van der Waals surface area contributed by atoms with Crippen molar-refractivity contribution >= 4 is 5.97 Å². The maximum absolute atomic E-state index is 11.4. The number of likely N-dealkylation sites (N-methyl/N-ethyl adjacent to an activating group) is 1. The summed E-state index contributed by atoms with van der Waals surface area (Å²) >= 11 is 0. The van der Waals surface area contributed by atoms with Crippen LogP contribution in [-0.2, 0) is 11.3 Å². The van der Waals surface area contributed by atoms with Crippen LogP contribution in [0.3, 0.4) is 0 Å². The van der Waals surface area contributed by atoms with Crippen molar-refractivity contribution in [1.29, 1.82) is 0 Å². The van der Waals surface area contributed by atoms with E-state index in [0.717, 1.165) is 31.7 Å². The molecule has 0 bridgehead atoms. The van der Waals surface area contributed by atoms with Crippen molar-refractivity contribution < 1.29 is 9.53 Å². The second-order valence-corrected chi connectivity index (χ2v) is 4.57. The smallest absolute Gasteiger partial charge is 0.356 e. The van der Waals surface area contributed by atoms with E-state index in [1.165, 1.54) is 7.11 Å². The van der Waals surface area contributed by atoms with Crippen LogP contribution < -0.4 is 5.32 Å². The van der Waals surface area contributed by atoms with E-state index >= 15 is 0 Å². The molecule has 1 aromatic rings. The van der Waals surface area contributed by atoms with Crippen LogP contribution in [0, 0.1) is 0 Å². The lowest BCUT2D eigenvalue weighted by molar-refractivity contribution is 0.0593. The molecule has 1 N–H and O–H groups in total. The van der Waals surface area contributed by atoms with Gasteiger partial charge in [0.2, 0.25) is 0 Å². The molecule has 2 heterocycles. The Bertz CT molecular complexity index is 416. The van der Waals surface area contributed by atoms with Gasteiger partial charge in [0.15, 0.2) is 0 Å². The summed E-state index contributed by atoms with van der Waals surface area (Å²) in [6.07, 6.45) is 1.16. The summed E-state index contributed by atoms with van der Waals surface area (Å²) in [6.45, 7) is 2.84. The maximum Gasteiger partial charge on any atom is 0.356 e. The number of methoxy groups -OCH3 is 1. The molecule has 1 aromatic heterocycles. The van der Waals surface area contributed by atoms with Gasteiger partial charge in [-0.05, 0) is 32.1 Å². The van der Waals surface area contributed by atoms with Crippen LogP contribution in [0.4, 0.5) is 0 Å². The normalized spacial score (nSPS) is 19.2. The zero-order chi connectivity index (χ0) is 13.0. The fourth-order valence-corrected chi connectivity index (χ4v) is 2.19. The molecular formula is C13H19N3O2. The van der Waals surface area contributed by atoms with Crippen LogP contribution in [0.15, 0.2) is 18.2 Å². The number of pyridine rings is 1. The molecule has 1 fully saturated rings. The van der Waals surface area contributed by atoms with Gasteiger partial charge in [0, 0.05) is 19.1 Å². The number of carbonyl (C=O) groups excluding carboxylic acids is 1. The highest BCUT2D eigenvalue weighted by atomic mass is 16.5. The molecule has 0 amide bonds. The molecule has 1 saturated heterocycles. The van der Waals surface area contributed by atoms with E-state index in [9.17, 15) is 4.79 Å². The van der Waals surface area contributed by atoms with E-state index in [1.54, 1.807) is 6.07 Å². The molecule has 2 rings (SSSR count). The molecule has 1 aliphatic heterocycles. The van der Waals surface area contributed by atoms with Gasteiger partial charge in [0.1, 0.15) is 5.69 Å². The van der Waals surface area contributed by atoms with Crippen LogP contribution in [0.1, 0.15) is 22.6 Å². The molecule has 98 valence electrons. The van der Waals surface area contributed by atoms with Crippen LogP contribution in [-0.4, -0.2) is 49.1 Å². The van der Waals surface area contributed by atoms with Crippen molar-refractivity contribution in [1.82, 2.24) is 15.2 Å². The minimum atomic E-state index is -0.387. The Morgan fingerprint density at radius 3 is 3.11 bits per heavy atom. The zero-order valence-corrected chi connectivity index (χ0v) is 10.8. The lowest BCUT2D eigenvalue weighted by atomic mass is 10.2. The Morgan fingerprint density at radius 1 is 1.61 bits per heavy atom. The second-order valence-electron chi connectivity index (χ2n) is 4.57. The largest absolute Gasteiger partial charge is 0.464 e. The lowest BCUT2D eigenvalue weighted by Crippen LogP contribution is -2.33. The number of nitrogens with one attached hydrogen (secondary N) is 1. The van der Waals surface area contributed by atoms with Gasteiger partial charge in [0.25, 0.3) is 0 Å². The number of hydrogen-bond acceptors (Lipinski definition) is 5. The van der Waals surface area contributed by atoms with Crippen LogP contribution in [0.2, 0.25) is 0 Å². The molecule has 1 aliphatic rings. The fraction of sp³-hybridized carbons (Fsp3) is 0.538. The van der Waals surface area contributed by atoms with Gasteiger partial charge in [0.05, 0.1) is 12.8 Å². The van der Waals surface area contributed by atoms with Crippen molar-refractivity contribution in [2.75, 3.05) is 27.2 Å². The molecule has 1 atom stereocenters. The first kappa shape index (κ1) is 13.0. The van der Waals surface area contributed by atoms with E-state index in [2.05, 4.69) is 27.0 Å². The number of aromatic nitrogens is 1. The third kappa shape index (κ3) is 3.05. The lowest BCUT2D eigenvalue weighted by Gasteiger charge is -2.22. The third-order valence-corrected chi connectivity index (χ3v) is 3.27. The quantitative estimate of drug-likeness (QED) is 0.795. The monoisotopic (exact) mass is 249 g/mol. The molecule has 0 aromatic carbocycles. The van der Waals surface area contributed by atoms with Gasteiger partial charge in [-0.3, -0.25) is 4.90 Å². The van der Waals surface area contributed by atoms with E-state index in [-0.39, 0.29) is 5.97 Å². The van der Waals surface area contributed by atoms with Crippen molar-refractivity contribution in [2.45, 2.75) is 19.0 Å². The van der Waals surface area contributed by atoms with Gasteiger partial charge >= 0.3 is 5.97 Å². The summed E-state index contributed by atoms with van der Waals surface area (Å²) in [5, 5.41) is 3.34. The summed E-state index contributed by atoms with van der Waals surface area (Å²) in [4.78, 5) is 18.0. The Balaban J connectivity index is 2.02. The highest BCUT2D eigenvalue weighted by Gasteiger charge is 2.19. The predicted molar refractivity (Wildman–Crippen MR) is 68.3 cm³/mol. The first-order valence-electron chi connectivity index (χ1n) is 6.16. The third-order valence-electron chi connectivity index (χ3n) is 3.27. The average molecular weight is 249 g/mol. The van der Waals surface area contributed by atoms with E-state index in [0.29, 0.717) is 11.7 Å². The molecule has 0 spiro atoms.